The maximum atomic E-state index is 12.6. The first-order chi connectivity index (χ1) is 9.77. The molecule has 1 aromatic carbocycles. The second kappa shape index (κ2) is 5.88. The molecule has 0 radical (unpaired) electrons. The lowest BCUT2D eigenvalue weighted by atomic mass is 10.2. The van der Waals surface area contributed by atoms with Gasteiger partial charge in [0.1, 0.15) is 17.0 Å². The Morgan fingerprint density at radius 3 is 2.57 bits per heavy atom. The minimum atomic E-state index is -4.60. The first-order valence-electron chi connectivity index (χ1n) is 5.52. The van der Waals surface area contributed by atoms with Gasteiger partial charge in [-0.15, -0.1) is 0 Å². The van der Waals surface area contributed by atoms with Crippen molar-refractivity contribution in [3.05, 3.63) is 51.2 Å². The second-order valence-corrected chi connectivity index (χ2v) is 5.15. The summed E-state index contributed by atoms with van der Waals surface area (Å²) in [5.41, 5.74) is -1.26. The molecule has 8 heteroatoms. The van der Waals surface area contributed by atoms with Gasteiger partial charge in [0, 0.05) is 9.64 Å². The normalized spacial score (nSPS) is 11.2. The van der Waals surface area contributed by atoms with Crippen LogP contribution in [0.25, 0.3) is 0 Å². The summed E-state index contributed by atoms with van der Waals surface area (Å²) in [6, 6.07) is 7.46. The number of hydrogen-bond acceptors (Lipinski definition) is 3. The van der Waals surface area contributed by atoms with Crippen LogP contribution >= 0.6 is 22.6 Å². The number of nitrogens with zero attached hydrogens (tertiary/aromatic N) is 1. The van der Waals surface area contributed by atoms with Gasteiger partial charge in [0.05, 0.1) is 0 Å². The topological polar surface area (TPSA) is 59.4 Å². The molecule has 0 saturated heterocycles. The molecule has 0 unspecified atom stereocenters. The SMILES string of the molecule is O=C(O)c1cc(I)ccc1Oc1cccc(C(F)(F)F)n1. The molecule has 0 aliphatic carbocycles. The first kappa shape index (κ1) is 15.5. The van der Waals surface area contributed by atoms with Gasteiger partial charge in [-0.05, 0) is 46.9 Å². The number of carboxylic acid groups (broad SMARTS) is 1. The number of hydrogen-bond donors (Lipinski definition) is 1. The Bertz CT molecular complexity index is 689. The zero-order chi connectivity index (χ0) is 15.6. The van der Waals surface area contributed by atoms with E-state index in [1.54, 1.807) is 6.07 Å². The van der Waals surface area contributed by atoms with Gasteiger partial charge in [0.15, 0.2) is 0 Å². The average Bonchev–Trinajstić information content (AvgIpc) is 2.40. The molecule has 0 spiro atoms. The molecule has 0 saturated carbocycles. The predicted octanol–water partition coefficient (Wildman–Crippen LogP) is 4.20. The summed E-state index contributed by atoms with van der Waals surface area (Å²) in [4.78, 5) is 14.4. The van der Waals surface area contributed by atoms with Gasteiger partial charge < -0.3 is 9.84 Å². The number of carboxylic acids is 1. The molecule has 0 atom stereocenters. The van der Waals surface area contributed by atoms with Crippen molar-refractivity contribution in [1.82, 2.24) is 4.98 Å². The number of ether oxygens (including phenoxy) is 1. The Kier molecular flexibility index (Phi) is 4.35. The molecule has 4 nitrogen and oxygen atoms in total. The molecule has 21 heavy (non-hydrogen) atoms. The quantitative estimate of drug-likeness (QED) is 0.773. The van der Waals surface area contributed by atoms with Crippen LogP contribution in [0.3, 0.4) is 0 Å². The van der Waals surface area contributed by atoms with Gasteiger partial charge in [-0.2, -0.15) is 13.2 Å². The Morgan fingerprint density at radius 1 is 1.24 bits per heavy atom. The first-order valence-corrected chi connectivity index (χ1v) is 6.60. The molecule has 1 heterocycles. The van der Waals surface area contributed by atoms with Crippen LogP contribution in [0.1, 0.15) is 16.1 Å². The van der Waals surface area contributed by atoms with Crippen LogP contribution in [0.2, 0.25) is 0 Å². The van der Waals surface area contributed by atoms with Crippen molar-refractivity contribution < 1.29 is 27.8 Å². The van der Waals surface area contributed by atoms with Crippen molar-refractivity contribution in [1.29, 1.82) is 0 Å². The van der Waals surface area contributed by atoms with Crippen LogP contribution in [-0.4, -0.2) is 16.1 Å². The molecule has 1 N–H and O–H groups in total. The number of pyridine rings is 1. The lowest BCUT2D eigenvalue weighted by Gasteiger charge is -2.10. The van der Waals surface area contributed by atoms with Crippen molar-refractivity contribution >= 4 is 28.6 Å². The zero-order valence-electron chi connectivity index (χ0n) is 10.2. The highest BCUT2D eigenvalue weighted by Gasteiger charge is 2.32. The third-order valence-corrected chi connectivity index (χ3v) is 3.07. The van der Waals surface area contributed by atoms with Gasteiger partial charge in [-0.1, -0.05) is 6.07 Å². The van der Waals surface area contributed by atoms with E-state index in [4.69, 9.17) is 9.84 Å². The Labute approximate surface area is 130 Å². The molecule has 0 bridgehead atoms. The molecule has 0 aliphatic rings. The number of benzene rings is 1. The standard InChI is InChI=1S/C13H7F3INO3/c14-13(15,16)10-2-1-3-11(18-10)21-9-5-4-7(17)6-8(9)12(19)20/h1-6H,(H,19,20). The number of aromatic nitrogens is 1. The molecule has 1 aromatic heterocycles. The molecule has 2 aromatic rings. The van der Waals surface area contributed by atoms with Crippen molar-refractivity contribution in [2.75, 3.05) is 0 Å². The van der Waals surface area contributed by atoms with E-state index in [1.165, 1.54) is 18.2 Å². The van der Waals surface area contributed by atoms with Gasteiger partial charge in [-0.25, -0.2) is 9.78 Å². The molecule has 110 valence electrons. The highest BCUT2D eigenvalue weighted by molar-refractivity contribution is 14.1. The summed E-state index contributed by atoms with van der Waals surface area (Å²) in [7, 11) is 0. The highest BCUT2D eigenvalue weighted by Crippen LogP contribution is 2.31. The molecule has 0 amide bonds. The number of aromatic carboxylic acids is 1. The van der Waals surface area contributed by atoms with Crippen LogP contribution in [-0.2, 0) is 6.18 Å². The predicted molar refractivity (Wildman–Crippen MR) is 75.4 cm³/mol. The summed E-state index contributed by atoms with van der Waals surface area (Å²) in [5, 5.41) is 9.07. The summed E-state index contributed by atoms with van der Waals surface area (Å²) in [6.45, 7) is 0. The van der Waals surface area contributed by atoms with Crippen LogP contribution in [0.15, 0.2) is 36.4 Å². The molecule has 0 fully saturated rings. The third kappa shape index (κ3) is 3.84. The van der Waals surface area contributed by atoms with Gasteiger partial charge in [-0.3, -0.25) is 0 Å². The van der Waals surface area contributed by atoms with E-state index >= 15 is 0 Å². The van der Waals surface area contributed by atoms with Crippen molar-refractivity contribution in [2.45, 2.75) is 6.18 Å². The minimum absolute atomic E-state index is 0.0743. The smallest absolute Gasteiger partial charge is 0.433 e. The molecule has 2 rings (SSSR count). The largest absolute Gasteiger partial charge is 0.478 e. The summed E-state index contributed by atoms with van der Waals surface area (Å²) < 4.78 is 43.5. The number of halogens is 4. The Morgan fingerprint density at radius 2 is 1.95 bits per heavy atom. The van der Waals surface area contributed by atoms with Gasteiger partial charge in [0.25, 0.3) is 0 Å². The fraction of sp³-hybridized carbons (Fsp3) is 0.0769. The molecule has 0 aliphatic heterocycles. The van der Waals surface area contributed by atoms with Crippen LogP contribution in [0.5, 0.6) is 11.6 Å². The number of carbonyl (C=O) groups is 1. The third-order valence-electron chi connectivity index (χ3n) is 2.40. The van der Waals surface area contributed by atoms with Crippen LogP contribution in [0.4, 0.5) is 13.2 Å². The van der Waals surface area contributed by atoms with Gasteiger partial charge in [0.2, 0.25) is 5.88 Å². The summed E-state index contributed by atoms with van der Waals surface area (Å²) in [6.07, 6.45) is -4.60. The van der Waals surface area contributed by atoms with Crippen LogP contribution < -0.4 is 4.74 Å². The van der Waals surface area contributed by atoms with Crippen molar-refractivity contribution in [3.63, 3.8) is 0 Å². The van der Waals surface area contributed by atoms with E-state index in [2.05, 4.69) is 4.98 Å². The maximum Gasteiger partial charge on any atom is 0.433 e. The lowest BCUT2D eigenvalue weighted by Crippen LogP contribution is -2.08. The van der Waals surface area contributed by atoms with Crippen LogP contribution in [0, 0.1) is 3.57 Å². The molecular formula is C13H7F3INO3. The maximum absolute atomic E-state index is 12.6. The summed E-state index contributed by atoms with van der Waals surface area (Å²) in [5.74, 6) is -1.64. The van der Waals surface area contributed by atoms with E-state index in [9.17, 15) is 18.0 Å². The molecular weight excluding hydrogens is 402 g/mol. The van der Waals surface area contributed by atoms with E-state index in [0.29, 0.717) is 3.57 Å². The highest BCUT2D eigenvalue weighted by atomic mass is 127. The number of alkyl halides is 3. The van der Waals surface area contributed by atoms with Crippen molar-refractivity contribution in [2.24, 2.45) is 0 Å². The van der Waals surface area contributed by atoms with E-state index < -0.39 is 17.8 Å². The van der Waals surface area contributed by atoms with E-state index in [-0.39, 0.29) is 17.2 Å². The second-order valence-electron chi connectivity index (χ2n) is 3.91. The fourth-order valence-electron chi connectivity index (χ4n) is 1.50. The zero-order valence-corrected chi connectivity index (χ0v) is 12.3. The average molecular weight is 409 g/mol. The van der Waals surface area contributed by atoms with Gasteiger partial charge >= 0.3 is 12.1 Å². The monoisotopic (exact) mass is 409 g/mol. The summed E-state index contributed by atoms with van der Waals surface area (Å²) >= 11 is 1.92. The minimum Gasteiger partial charge on any atom is -0.478 e. The van der Waals surface area contributed by atoms with Crippen molar-refractivity contribution in [3.8, 4) is 11.6 Å². The lowest BCUT2D eigenvalue weighted by molar-refractivity contribution is -0.141. The Balaban J connectivity index is 2.37. The van der Waals surface area contributed by atoms with E-state index in [0.717, 1.165) is 12.1 Å². The number of rotatable bonds is 3. The van der Waals surface area contributed by atoms with E-state index in [1.807, 2.05) is 22.6 Å². The Hall–Kier alpha value is -1.84. The fourth-order valence-corrected chi connectivity index (χ4v) is 1.99.